The van der Waals surface area contributed by atoms with Crippen LogP contribution in [0.25, 0.3) is 98.5 Å². The molecule has 0 N–H and O–H groups in total. The first-order chi connectivity index (χ1) is 27.2. The molecule has 0 atom stereocenters. The Balaban J connectivity index is 1.16. The van der Waals surface area contributed by atoms with Gasteiger partial charge >= 0.3 is 0 Å². The Kier molecular flexibility index (Phi) is 6.61. The van der Waals surface area contributed by atoms with Crippen molar-refractivity contribution in [3.05, 3.63) is 193 Å². The molecule has 0 aliphatic rings. The summed E-state index contributed by atoms with van der Waals surface area (Å²) in [5, 5.41) is 17.1. The van der Waals surface area contributed by atoms with E-state index < -0.39 is 0 Å². The maximum Gasteiger partial charge on any atom is 0.210 e. The second kappa shape index (κ2) is 11.8. The second-order valence-corrected chi connectivity index (χ2v) is 13.9. The van der Waals surface area contributed by atoms with Crippen molar-refractivity contribution in [1.29, 1.82) is 5.26 Å². The fourth-order valence-electron chi connectivity index (χ4n) is 8.79. The number of para-hydroxylation sites is 6. The monoisotopic (exact) mass is 699 g/mol. The third-order valence-electron chi connectivity index (χ3n) is 11.1. The van der Waals surface area contributed by atoms with E-state index in [2.05, 4.69) is 164 Å². The highest BCUT2D eigenvalue weighted by Crippen LogP contribution is 2.42. The lowest BCUT2D eigenvalue weighted by Gasteiger charge is -2.16. The van der Waals surface area contributed by atoms with E-state index in [4.69, 9.17) is 6.57 Å². The predicted molar refractivity (Wildman–Crippen MR) is 226 cm³/mol. The summed E-state index contributed by atoms with van der Waals surface area (Å²) in [6.07, 6.45) is 0. The van der Waals surface area contributed by atoms with Crippen molar-refractivity contribution in [3.8, 4) is 34.3 Å². The zero-order valence-corrected chi connectivity index (χ0v) is 29.5. The average Bonchev–Trinajstić information content (AvgIpc) is 3.89. The minimum atomic E-state index is 0.522. The lowest BCUT2D eigenvalue weighted by molar-refractivity contribution is 1.13. The van der Waals surface area contributed by atoms with Crippen LogP contribution < -0.4 is 0 Å². The summed E-state index contributed by atoms with van der Waals surface area (Å²) >= 11 is 0. The Labute approximate surface area is 316 Å². The van der Waals surface area contributed by atoms with Gasteiger partial charge in [0.2, 0.25) is 5.69 Å². The van der Waals surface area contributed by atoms with E-state index in [1.807, 2.05) is 36.4 Å². The largest absolute Gasteiger partial charge is 0.318 e. The number of fused-ring (bicyclic) bond motifs is 9. The molecule has 0 unspecified atom stereocenters. The van der Waals surface area contributed by atoms with Gasteiger partial charge in [-0.1, -0.05) is 121 Å². The van der Waals surface area contributed by atoms with E-state index in [0.717, 1.165) is 61.0 Å². The van der Waals surface area contributed by atoms with Crippen LogP contribution in [0.1, 0.15) is 5.56 Å². The molecule has 0 fully saturated rings. The quantitative estimate of drug-likeness (QED) is 0.169. The fourth-order valence-corrected chi connectivity index (χ4v) is 8.79. The summed E-state index contributed by atoms with van der Waals surface area (Å²) in [6.45, 7) is 8.18. The van der Waals surface area contributed by atoms with Crippen LogP contribution in [0.3, 0.4) is 0 Å². The van der Waals surface area contributed by atoms with Gasteiger partial charge in [0.05, 0.1) is 56.6 Å². The summed E-state index contributed by atoms with van der Waals surface area (Å²) in [4.78, 5) is 3.97. The van der Waals surface area contributed by atoms with E-state index in [1.54, 1.807) is 0 Å². The zero-order chi connectivity index (χ0) is 36.6. The van der Waals surface area contributed by atoms with E-state index in [-0.39, 0.29) is 0 Å². The molecule has 0 spiro atoms. The highest BCUT2D eigenvalue weighted by molar-refractivity contribution is 6.15. The topological polar surface area (TPSA) is 42.9 Å². The minimum Gasteiger partial charge on any atom is -0.318 e. The number of rotatable bonds is 4. The molecule has 0 saturated carbocycles. The molecule has 11 rings (SSSR count). The normalized spacial score (nSPS) is 11.6. The third kappa shape index (κ3) is 4.39. The third-order valence-corrected chi connectivity index (χ3v) is 11.1. The van der Waals surface area contributed by atoms with E-state index in [0.29, 0.717) is 11.3 Å². The SMILES string of the molecule is [C-]#[N+]c1ccc(-c2cccc(-n3c4ccccc4c4cccc(-n5c6ccccc6c6ccccc65)c43)c2)cc1-n1c2ccccc2c2cccc(C#N)c21. The van der Waals surface area contributed by atoms with Crippen molar-refractivity contribution in [2.24, 2.45) is 0 Å². The van der Waals surface area contributed by atoms with E-state index >= 15 is 0 Å². The molecule has 0 aliphatic heterocycles. The average molecular weight is 700 g/mol. The molecule has 254 valence electrons. The van der Waals surface area contributed by atoms with Gasteiger partial charge in [-0.2, -0.15) is 5.26 Å². The number of hydrogen-bond acceptors (Lipinski definition) is 1. The molecule has 3 heterocycles. The first-order valence-electron chi connectivity index (χ1n) is 18.3. The van der Waals surface area contributed by atoms with Crippen LogP contribution in [0, 0.1) is 17.9 Å². The fraction of sp³-hybridized carbons (Fsp3) is 0. The van der Waals surface area contributed by atoms with Gasteiger partial charge in [0, 0.05) is 38.0 Å². The highest BCUT2D eigenvalue weighted by Gasteiger charge is 2.21. The van der Waals surface area contributed by atoms with Gasteiger partial charge in [-0.05, 0) is 65.7 Å². The molecule has 0 amide bonds. The number of benzene rings is 8. The number of aromatic nitrogens is 3. The molecule has 8 aromatic carbocycles. The molecule has 55 heavy (non-hydrogen) atoms. The standard InChI is InChI=1S/C50H29N5/c1-52-42-28-27-33(30-48(42)55-46-25-9-5-18-38(46)40-20-11-14-34(31-51)49(40)55)32-13-10-15-35(29-32)53-43-22-6-4-19-39(43)41-21-12-26-47(50(41)53)54-44-23-7-2-16-36(44)37-17-3-8-24-45(37)54/h2-30H. The molecule has 11 aromatic rings. The van der Waals surface area contributed by atoms with Crippen molar-refractivity contribution >= 4 is 71.1 Å². The van der Waals surface area contributed by atoms with Crippen molar-refractivity contribution < 1.29 is 0 Å². The van der Waals surface area contributed by atoms with Gasteiger partial charge in [0.25, 0.3) is 0 Å². The minimum absolute atomic E-state index is 0.522. The van der Waals surface area contributed by atoms with Gasteiger partial charge in [0.1, 0.15) is 6.07 Å². The maximum atomic E-state index is 10.2. The first-order valence-corrected chi connectivity index (χ1v) is 18.3. The van der Waals surface area contributed by atoms with Crippen LogP contribution in [-0.2, 0) is 0 Å². The summed E-state index contributed by atoms with van der Waals surface area (Å²) < 4.78 is 6.89. The molecule has 5 nitrogen and oxygen atoms in total. The van der Waals surface area contributed by atoms with Crippen molar-refractivity contribution in [2.45, 2.75) is 0 Å². The summed E-state index contributed by atoms with van der Waals surface area (Å²) in [6, 6.07) is 63.7. The van der Waals surface area contributed by atoms with Crippen molar-refractivity contribution in [3.63, 3.8) is 0 Å². The molecule has 0 saturated heterocycles. The molecule has 0 bridgehead atoms. The van der Waals surface area contributed by atoms with Crippen LogP contribution >= 0.6 is 0 Å². The second-order valence-electron chi connectivity index (χ2n) is 13.9. The molecular formula is C50H29N5. The maximum absolute atomic E-state index is 10.2. The lowest BCUT2D eigenvalue weighted by Crippen LogP contribution is -2.01. The van der Waals surface area contributed by atoms with Crippen molar-refractivity contribution in [2.75, 3.05) is 0 Å². The zero-order valence-electron chi connectivity index (χ0n) is 29.5. The van der Waals surface area contributed by atoms with Crippen LogP contribution in [0.2, 0.25) is 0 Å². The molecule has 0 aliphatic carbocycles. The first kappa shape index (κ1) is 30.7. The summed E-state index contributed by atoms with van der Waals surface area (Å²) in [5.74, 6) is 0. The molecule has 3 aromatic heterocycles. The van der Waals surface area contributed by atoms with Crippen LogP contribution in [-0.4, -0.2) is 13.7 Å². The van der Waals surface area contributed by atoms with Crippen LogP contribution in [0.4, 0.5) is 5.69 Å². The summed E-state index contributed by atoms with van der Waals surface area (Å²) in [5.41, 5.74) is 12.3. The highest BCUT2D eigenvalue weighted by atomic mass is 15.1. The smallest absolute Gasteiger partial charge is 0.210 e. The lowest BCUT2D eigenvalue weighted by atomic mass is 10.0. The predicted octanol–water partition coefficient (Wildman–Crippen LogP) is 13.1. The Bertz CT molecular complexity index is 3420. The molecule has 5 heteroatoms. The molecular weight excluding hydrogens is 671 g/mol. The summed E-state index contributed by atoms with van der Waals surface area (Å²) in [7, 11) is 0. The van der Waals surface area contributed by atoms with Gasteiger partial charge in [-0.25, -0.2) is 4.85 Å². The Hall–Kier alpha value is -7.86. The number of hydrogen-bond donors (Lipinski definition) is 0. The molecule has 0 radical (unpaired) electrons. The Morgan fingerprint density at radius 3 is 1.56 bits per heavy atom. The number of nitrogens with zero attached hydrogens (tertiary/aromatic N) is 5. The van der Waals surface area contributed by atoms with Gasteiger partial charge < -0.3 is 13.7 Å². The Morgan fingerprint density at radius 1 is 0.418 bits per heavy atom. The van der Waals surface area contributed by atoms with Crippen molar-refractivity contribution in [1.82, 2.24) is 13.7 Å². The Morgan fingerprint density at radius 2 is 0.927 bits per heavy atom. The van der Waals surface area contributed by atoms with Gasteiger partial charge in [-0.15, -0.1) is 0 Å². The van der Waals surface area contributed by atoms with E-state index in [9.17, 15) is 5.26 Å². The van der Waals surface area contributed by atoms with Gasteiger partial charge in [0.15, 0.2) is 0 Å². The van der Waals surface area contributed by atoms with E-state index in [1.165, 1.54) is 32.6 Å². The van der Waals surface area contributed by atoms with Gasteiger partial charge in [-0.3, -0.25) is 0 Å². The number of nitriles is 1. The van der Waals surface area contributed by atoms with Crippen LogP contribution in [0.15, 0.2) is 176 Å². The van der Waals surface area contributed by atoms with Crippen LogP contribution in [0.5, 0.6) is 0 Å².